The van der Waals surface area contributed by atoms with E-state index in [-0.39, 0.29) is 17.2 Å². The highest BCUT2D eigenvalue weighted by molar-refractivity contribution is 5.91. The lowest BCUT2D eigenvalue weighted by atomic mass is 10.0. The van der Waals surface area contributed by atoms with Crippen molar-refractivity contribution in [1.29, 1.82) is 0 Å². The number of rotatable bonds is 2. The largest absolute Gasteiger partial charge is 0.491 e. The van der Waals surface area contributed by atoms with Crippen molar-refractivity contribution in [3.05, 3.63) is 63.7 Å². The minimum absolute atomic E-state index is 0.0267. The summed E-state index contributed by atoms with van der Waals surface area (Å²) >= 11 is 0. The predicted octanol–water partition coefficient (Wildman–Crippen LogP) is 1.68. The molecule has 1 atom stereocenters. The highest BCUT2D eigenvalue weighted by Gasteiger charge is 2.22. The number of amides is 1. The van der Waals surface area contributed by atoms with Crippen LogP contribution in [0.3, 0.4) is 0 Å². The normalized spacial score (nSPS) is 16.7. The van der Waals surface area contributed by atoms with Crippen LogP contribution < -0.4 is 15.5 Å². The molecule has 2 heterocycles. The van der Waals surface area contributed by atoms with E-state index in [2.05, 4.69) is 5.32 Å². The molecule has 5 nitrogen and oxygen atoms in total. The number of hydrogen-bond acceptors (Lipinski definition) is 4. The Kier molecular flexibility index (Phi) is 3.48. The fraction of sp³-hybridized carbons (Fsp3) is 0.250. The quantitative estimate of drug-likeness (QED) is 0.911. The first-order chi connectivity index (χ1) is 10.1. The average molecular weight is 285 g/mol. The van der Waals surface area contributed by atoms with Crippen molar-refractivity contribution in [3.63, 3.8) is 0 Å². The lowest BCUT2D eigenvalue weighted by Gasteiger charge is -2.25. The first-order valence-corrected chi connectivity index (χ1v) is 6.75. The maximum Gasteiger partial charge on any atom is 0.287 e. The number of hydrogen-bond donors (Lipinski definition) is 1. The number of nitrogens with one attached hydrogen (secondary N) is 1. The lowest BCUT2D eigenvalue weighted by molar-refractivity contribution is 0.0883. The van der Waals surface area contributed by atoms with E-state index in [1.54, 1.807) is 6.92 Å². The number of benzene rings is 1. The van der Waals surface area contributed by atoms with E-state index in [4.69, 9.17) is 9.15 Å². The summed E-state index contributed by atoms with van der Waals surface area (Å²) in [5, 5.41) is 2.83. The van der Waals surface area contributed by atoms with E-state index >= 15 is 0 Å². The van der Waals surface area contributed by atoms with Crippen LogP contribution in [-0.4, -0.2) is 18.6 Å². The van der Waals surface area contributed by atoms with Gasteiger partial charge in [-0.25, -0.2) is 0 Å². The maximum atomic E-state index is 12.1. The van der Waals surface area contributed by atoms with Crippen molar-refractivity contribution < 1.29 is 13.9 Å². The Morgan fingerprint density at radius 3 is 2.90 bits per heavy atom. The summed E-state index contributed by atoms with van der Waals surface area (Å²) < 4.78 is 10.9. The van der Waals surface area contributed by atoms with Crippen molar-refractivity contribution in [2.24, 2.45) is 0 Å². The van der Waals surface area contributed by atoms with Crippen molar-refractivity contribution >= 4 is 5.91 Å². The van der Waals surface area contributed by atoms with Gasteiger partial charge in [-0.1, -0.05) is 18.2 Å². The molecule has 1 aliphatic rings. The highest BCUT2D eigenvalue weighted by atomic mass is 16.5. The molecule has 1 amide bonds. The van der Waals surface area contributed by atoms with Crippen LogP contribution in [0, 0.1) is 6.92 Å². The summed E-state index contributed by atoms with van der Waals surface area (Å²) in [6.07, 6.45) is 0.692. The van der Waals surface area contributed by atoms with Crippen LogP contribution in [0.1, 0.15) is 21.9 Å². The highest BCUT2D eigenvalue weighted by Crippen LogP contribution is 2.23. The summed E-state index contributed by atoms with van der Waals surface area (Å²) in [7, 11) is 0. The molecular formula is C16H15NO4. The molecule has 0 radical (unpaired) electrons. The summed E-state index contributed by atoms with van der Waals surface area (Å²) in [5.41, 5.74) is 0.814. The van der Waals surface area contributed by atoms with Gasteiger partial charge in [0.2, 0.25) is 0 Å². The molecule has 3 rings (SSSR count). The number of aryl methyl sites for hydroxylation is 1. The van der Waals surface area contributed by atoms with Gasteiger partial charge < -0.3 is 14.5 Å². The Morgan fingerprint density at radius 1 is 1.29 bits per heavy atom. The monoisotopic (exact) mass is 285 g/mol. The lowest BCUT2D eigenvalue weighted by Crippen LogP contribution is -2.42. The van der Waals surface area contributed by atoms with Crippen LogP contribution in [0.2, 0.25) is 0 Å². The fourth-order valence-electron chi connectivity index (χ4n) is 2.39. The van der Waals surface area contributed by atoms with Gasteiger partial charge in [0.15, 0.2) is 11.2 Å². The van der Waals surface area contributed by atoms with Gasteiger partial charge in [0.1, 0.15) is 18.1 Å². The standard InChI is InChI=1S/C16H15NO4/c1-10-6-13(18)8-15(21-10)16(19)17-12-7-11-4-2-3-5-14(11)20-9-12/h2-6,8,12H,7,9H2,1H3,(H,17,19)/t12-/m0/s1. The molecule has 0 saturated carbocycles. The first kappa shape index (κ1) is 13.4. The van der Waals surface area contributed by atoms with Crippen molar-refractivity contribution in [2.45, 2.75) is 19.4 Å². The van der Waals surface area contributed by atoms with E-state index in [9.17, 15) is 9.59 Å². The molecule has 0 spiro atoms. The third-order valence-corrected chi connectivity index (χ3v) is 3.33. The number of fused-ring (bicyclic) bond motifs is 1. The summed E-state index contributed by atoms with van der Waals surface area (Å²) in [6.45, 7) is 2.04. The smallest absolute Gasteiger partial charge is 0.287 e. The SMILES string of the molecule is Cc1cc(=O)cc(C(=O)N[C@@H]2COc3ccccc3C2)o1. The van der Waals surface area contributed by atoms with Gasteiger partial charge >= 0.3 is 0 Å². The fourth-order valence-corrected chi connectivity index (χ4v) is 2.39. The van der Waals surface area contributed by atoms with Gasteiger partial charge in [-0.15, -0.1) is 0 Å². The van der Waals surface area contributed by atoms with E-state index in [0.29, 0.717) is 18.8 Å². The Bertz CT molecular complexity index is 735. The molecule has 1 aromatic heterocycles. The van der Waals surface area contributed by atoms with E-state index < -0.39 is 5.91 Å². The zero-order valence-electron chi connectivity index (χ0n) is 11.6. The van der Waals surface area contributed by atoms with Crippen molar-refractivity contribution in [2.75, 3.05) is 6.61 Å². The first-order valence-electron chi connectivity index (χ1n) is 6.75. The molecular weight excluding hydrogens is 270 g/mol. The molecule has 2 aromatic rings. The molecule has 0 bridgehead atoms. The van der Waals surface area contributed by atoms with Gasteiger partial charge in [0, 0.05) is 12.1 Å². The predicted molar refractivity (Wildman–Crippen MR) is 76.6 cm³/mol. The Balaban J connectivity index is 1.73. The molecule has 0 fully saturated rings. The van der Waals surface area contributed by atoms with E-state index in [1.165, 1.54) is 12.1 Å². The molecule has 1 N–H and O–H groups in total. The van der Waals surface area contributed by atoms with Gasteiger partial charge in [0.05, 0.1) is 6.04 Å². The Hall–Kier alpha value is -2.56. The average Bonchev–Trinajstić information content (AvgIpc) is 2.46. The van der Waals surface area contributed by atoms with E-state index in [0.717, 1.165) is 11.3 Å². The van der Waals surface area contributed by atoms with Crippen molar-refractivity contribution in [3.8, 4) is 5.75 Å². The molecule has 0 unspecified atom stereocenters. The second-order valence-electron chi connectivity index (χ2n) is 5.06. The summed E-state index contributed by atoms with van der Waals surface area (Å²) in [6, 6.07) is 10.1. The molecule has 1 aromatic carbocycles. The number of ether oxygens (including phenoxy) is 1. The van der Waals surface area contributed by atoms with Crippen LogP contribution >= 0.6 is 0 Å². The Morgan fingerprint density at radius 2 is 2.10 bits per heavy atom. The van der Waals surface area contributed by atoms with Crippen LogP contribution in [0.4, 0.5) is 0 Å². The number of carbonyl (C=O) groups is 1. The summed E-state index contributed by atoms with van der Waals surface area (Å²) in [4.78, 5) is 23.5. The third kappa shape index (κ3) is 2.97. The number of carbonyl (C=O) groups excluding carboxylic acids is 1. The molecule has 1 aliphatic heterocycles. The zero-order valence-corrected chi connectivity index (χ0v) is 11.6. The minimum atomic E-state index is -0.399. The van der Waals surface area contributed by atoms with Crippen molar-refractivity contribution in [1.82, 2.24) is 5.32 Å². The Labute approximate surface area is 121 Å². The molecule has 108 valence electrons. The molecule has 21 heavy (non-hydrogen) atoms. The van der Waals surface area contributed by atoms with Gasteiger partial charge in [-0.3, -0.25) is 9.59 Å². The summed E-state index contributed by atoms with van der Waals surface area (Å²) in [5.74, 6) is 0.894. The molecule has 0 aliphatic carbocycles. The topological polar surface area (TPSA) is 68.5 Å². The van der Waals surface area contributed by atoms with Gasteiger partial charge in [-0.05, 0) is 25.0 Å². The van der Waals surface area contributed by atoms with Crippen LogP contribution in [0.5, 0.6) is 5.75 Å². The maximum absolute atomic E-state index is 12.1. The molecule has 0 saturated heterocycles. The van der Waals surface area contributed by atoms with Crippen LogP contribution in [0.15, 0.2) is 45.6 Å². The zero-order chi connectivity index (χ0) is 14.8. The van der Waals surface area contributed by atoms with Crippen LogP contribution in [0.25, 0.3) is 0 Å². The van der Waals surface area contributed by atoms with Crippen LogP contribution in [-0.2, 0) is 6.42 Å². The minimum Gasteiger partial charge on any atom is -0.491 e. The van der Waals surface area contributed by atoms with Gasteiger partial charge in [-0.2, -0.15) is 0 Å². The third-order valence-electron chi connectivity index (χ3n) is 3.33. The van der Waals surface area contributed by atoms with E-state index in [1.807, 2.05) is 24.3 Å². The second-order valence-corrected chi connectivity index (χ2v) is 5.06. The van der Waals surface area contributed by atoms with Gasteiger partial charge in [0.25, 0.3) is 5.91 Å². The number of para-hydroxylation sites is 1. The second kappa shape index (κ2) is 5.44. The molecule has 5 heteroatoms.